The Bertz CT molecular complexity index is 779. The summed E-state index contributed by atoms with van der Waals surface area (Å²) in [6, 6.07) is 6.93. The summed E-state index contributed by atoms with van der Waals surface area (Å²) in [5, 5.41) is 5.89. The van der Waals surface area contributed by atoms with Crippen LogP contribution in [-0.4, -0.2) is 23.0 Å². The maximum Gasteiger partial charge on any atom is 0.226 e. The highest BCUT2D eigenvalue weighted by Gasteiger charge is 2.39. The minimum atomic E-state index is -0.279. The molecule has 2 aliphatic carbocycles. The number of hydrogen-bond acceptors (Lipinski definition) is 4. The Morgan fingerprint density at radius 1 is 1.31 bits per heavy atom. The maximum atomic E-state index is 13.4. The van der Waals surface area contributed by atoms with Crippen LogP contribution in [0.1, 0.15) is 37.8 Å². The molecular weight excluding hydrogens is 349 g/mol. The average Bonchev–Trinajstić information content (AvgIpc) is 3.04. The fraction of sp³-hybridized carbons (Fsp3) is 0.500. The van der Waals surface area contributed by atoms with Crippen LogP contribution in [0, 0.1) is 17.7 Å². The number of nitrogens with two attached hydrogens (primary N) is 1. The van der Waals surface area contributed by atoms with E-state index >= 15 is 0 Å². The van der Waals surface area contributed by atoms with Crippen LogP contribution in [0.4, 0.5) is 4.39 Å². The number of carbonyl (C=O) groups is 1. The summed E-state index contributed by atoms with van der Waals surface area (Å²) in [5.41, 5.74) is 7.65. The van der Waals surface area contributed by atoms with Crippen LogP contribution < -0.4 is 11.1 Å². The van der Waals surface area contributed by atoms with E-state index in [0.717, 1.165) is 41.9 Å². The van der Waals surface area contributed by atoms with Crippen LogP contribution in [0.25, 0.3) is 10.6 Å². The molecule has 0 radical (unpaired) electrons. The van der Waals surface area contributed by atoms with E-state index in [-0.39, 0.29) is 30.2 Å². The van der Waals surface area contributed by atoms with Crippen LogP contribution in [0.2, 0.25) is 0 Å². The van der Waals surface area contributed by atoms with Crippen molar-refractivity contribution in [3.63, 3.8) is 0 Å². The number of hydrogen-bond donors (Lipinski definition) is 2. The van der Waals surface area contributed by atoms with E-state index in [9.17, 15) is 9.18 Å². The van der Waals surface area contributed by atoms with Gasteiger partial charge in [-0.3, -0.25) is 4.79 Å². The third-order valence-corrected chi connectivity index (χ3v) is 6.61. The first-order valence-electron chi connectivity index (χ1n) is 9.34. The average molecular weight is 373 g/mol. The molecule has 26 heavy (non-hydrogen) atoms. The third kappa shape index (κ3) is 3.81. The van der Waals surface area contributed by atoms with Gasteiger partial charge in [-0.1, -0.05) is 18.6 Å². The second-order valence-corrected chi connectivity index (χ2v) is 8.47. The van der Waals surface area contributed by atoms with Crippen LogP contribution in [0.15, 0.2) is 29.6 Å². The predicted octanol–water partition coefficient (Wildman–Crippen LogP) is 3.51. The van der Waals surface area contributed by atoms with Gasteiger partial charge in [0, 0.05) is 23.0 Å². The molecule has 1 amide bonds. The van der Waals surface area contributed by atoms with Crippen molar-refractivity contribution >= 4 is 17.2 Å². The van der Waals surface area contributed by atoms with E-state index in [0.29, 0.717) is 11.8 Å². The van der Waals surface area contributed by atoms with Crippen molar-refractivity contribution in [3.8, 4) is 10.6 Å². The summed E-state index contributed by atoms with van der Waals surface area (Å²) in [6.45, 7) is 0. The third-order valence-electron chi connectivity index (χ3n) is 5.67. The number of amides is 1. The summed E-state index contributed by atoms with van der Waals surface area (Å²) >= 11 is 1.44. The normalized spacial score (nSPS) is 27.9. The van der Waals surface area contributed by atoms with Crippen molar-refractivity contribution in [2.75, 3.05) is 0 Å². The quantitative estimate of drug-likeness (QED) is 0.862. The van der Waals surface area contributed by atoms with E-state index in [1.54, 1.807) is 6.07 Å². The topological polar surface area (TPSA) is 68.0 Å². The summed E-state index contributed by atoms with van der Waals surface area (Å²) in [4.78, 5) is 17.1. The molecule has 2 atom stereocenters. The molecule has 3 N–H and O–H groups in total. The minimum absolute atomic E-state index is 0.0264. The molecular formula is C20H24FN3OS. The van der Waals surface area contributed by atoms with Crippen LogP contribution in [0.3, 0.4) is 0 Å². The van der Waals surface area contributed by atoms with E-state index in [4.69, 9.17) is 5.73 Å². The number of halogens is 1. The molecule has 2 aromatic rings. The van der Waals surface area contributed by atoms with E-state index in [1.807, 2.05) is 11.4 Å². The van der Waals surface area contributed by atoms with Crippen molar-refractivity contribution in [2.45, 2.75) is 50.6 Å². The standard InChI is InChI=1S/C20H24FN3OS/c21-15-6-2-5-14(7-15)20-23-17(11-26-20)10-18(25)24-19-12-3-1-4-13(19)9-16(22)8-12/h2,5-7,11-13,16,19H,1,3-4,8-10,22H2,(H,24,25). The number of rotatable bonds is 4. The molecule has 2 aliphatic rings. The van der Waals surface area contributed by atoms with Gasteiger partial charge in [-0.05, 0) is 49.7 Å². The van der Waals surface area contributed by atoms with Gasteiger partial charge in [-0.2, -0.15) is 0 Å². The highest BCUT2D eigenvalue weighted by Crippen LogP contribution is 2.39. The van der Waals surface area contributed by atoms with Crippen molar-refractivity contribution in [1.82, 2.24) is 10.3 Å². The first-order valence-corrected chi connectivity index (χ1v) is 10.2. The smallest absolute Gasteiger partial charge is 0.226 e. The maximum absolute atomic E-state index is 13.4. The molecule has 1 aromatic heterocycles. The summed E-state index contributed by atoms with van der Waals surface area (Å²) in [6.07, 6.45) is 5.88. The fourth-order valence-electron chi connectivity index (χ4n) is 4.57. The van der Waals surface area contributed by atoms with Gasteiger partial charge < -0.3 is 11.1 Å². The Morgan fingerprint density at radius 3 is 2.81 bits per heavy atom. The fourth-order valence-corrected chi connectivity index (χ4v) is 5.39. The summed E-state index contributed by atoms with van der Waals surface area (Å²) in [7, 11) is 0. The molecule has 0 spiro atoms. The van der Waals surface area contributed by atoms with E-state index < -0.39 is 0 Å². The number of nitrogens with one attached hydrogen (secondary N) is 1. The zero-order chi connectivity index (χ0) is 18.1. The molecule has 4 rings (SSSR count). The Labute approximate surface area is 157 Å². The first kappa shape index (κ1) is 17.6. The lowest BCUT2D eigenvalue weighted by atomic mass is 9.67. The van der Waals surface area contributed by atoms with Gasteiger partial charge in [0.2, 0.25) is 5.91 Å². The Morgan fingerprint density at radius 2 is 2.08 bits per heavy atom. The van der Waals surface area contributed by atoms with Crippen molar-refractivity contribution < 1.29 is 9.18 Å². The van der Waals surface area contributed by atoms with Crippen molar-refractivity contribution in [1.29, 1.82) is 0 Å². The molecule has 6 heteroatoms. The second kappa shape index (κ2) is 7.45. The van der Waals surface area contributed by atoms with Crippen molar-refractivity contribution in [3.05, 3.63) is 41.2 Å². The van der Waals surface area contributed by atoms with Gasteiger partial charge in [0.15, 0.2) is 0 Å². The number of carbonyl (C=O) groups excluding carboxylic acids is 1. The molecule has 138 valence electrons. The number of fused-ring (bicyclic) bond motifs is 2. The highest BCUT2D eigenvalue weighted by molar-refractivity contribution is 7.13. The minimum Gasteiger partial charge on any atom is -0.352 e. The van der Waals surface area contributed by atoms with Crippen LogP contribution >= 0.6 is 11.3 Å². The lowest BCUT2D eigenvalue weighted by Gasteiger charge is -2.45. The lowest BCUT2D eigenvalue weighted by molar-refractivity contribution is -0.122. The predicted molar refractivity (Wildman–Crippen MR) is 101 cm³/mol. The molecule has 2 saturated carbocycles. The van der Waals surface area contributed by atoms with Crippen LogP contribution in [-0.2, 0) is 11.2 Å². The van der Waals surface area contributed by atoms with Gasteiger partial charge >= 0.3 is 0 Å². The molecule has 4 nitrogen and oxygen atoms in total. The van der Waals surface area contributed by atoms with Crippen LogP contribution in [0.5, 0.6) is 0 Å². The Balaban J connectivity index is 1.40. The summed E-state index contributed by atoms with van der Waals surface area (Å²) < 4.78 is 13.4. The first-order chi connectivity index (χ1) is 12.6. The molecule has 0 saturated heterocycles. The monoisotopic (exact) mass is 373 g/mol. The van der Waals surface area contributed by atoms with Gasteiger partial charge in [-0.25, -0.2) is 9.37 Å². The Kier molecular flexibility index (Phi) is 5.05. The molecule has 1 heterocycles. The lowest BCUT2D eigenvalue weighted by Crippen LogP contribution is -2.54. The zero-order valence-corrected chi connectivity index (χ0v) is 15.5. The largest absolute Gasteiger partial charge is 0.352 e. The SMILES string of the molecule is NC1CC2CCCC(C1)C2NC(=O)Cc1csc(-c2cccc(F)c2)n1. The zero-order valence-electron chi connectivity index (χ0n) is 14.7. The van der Waals surface area contributed by atoms with Gasteiger partial charge in [0.05, 0.1) is 12.1 Å². The number of nitrogens with zero attached hydrogens (tertiary/aromatic N) is 1. The molecule has 2 fully saturated rings. The van der Waals surface area contributed by atoms with Gasteiger partial charge in [0.25, 0.3) is 0 Å². The van der Waals surface area contributed by atoms with E-state index in [1.165, 1.54) is 29.9 Å². The number of aromatic nitrogens is 1. The number of benzene rings is 1. The Hall–Kier alpha value is -1.79. The highest BCUT2D eigenvalue weighted by atomic mass is 32.1. The second-order valence-electron chi connectivity index (χ2n) is 7.61. The molecule has 0 aliphatic heterocycles. The summed E-state index contributed by atoms with van der Waals surface area (Å²) in [5.74, 6) is 0.775. The van der Waals surface area contributed by atoms with Gasteiger partial charge in [0.1, 0.15) is 10.8 Å². The molecule has 2 bridgehead atoms. The van der Waals surface area contributed by atoms with Gasteiger partial charge in [-0.15, -0.1) is 11.3 Å². The molecule has 2 unspecified atom stereocenters. The number of thiazole rings is 1. The van der Waals surface area contributed by atoms with Crippen molar-refractivity contribution in [2.24, 2.45) is 17.6 Å². The molecule has 1 aromatic carbocycles. The van der Waals surface area contributed by atoms with E-state index in [2.05, 4.69) is 10.3 Å².